The summed E-state index contributed by atoms with van der Waals surface area (Å²) in [6.07, 6.45) is -0.574. The molecule has 0 aromatic heterocycles. The predicted molar refractivity (Wildman–Crippen MR) is 82.7 cm³/mol. The lowest BCUT2D eigenvalue weighted by Gasteiger charge is -2.44. The number of nitrogens with zero attached hydrogens (tertiary/aromatic N) is 2. The van der Waals surface area contributed by atoms with Gasteiger partial charge in [0.25, 0.3) is 0 Å². The summed E-state index contributed by atoms with van der Waals surface area (Å²) >= 11 is 0. The van der Waals surface area contributed by atoms with E-state index in [0.29, 0.717) is 13.0 Å². The Hall–Kier alpha value is -0.880. The summed E-state index contributed by atoms with van der Waals surface area (Å²) in [5.41, 5.74) is -0.547. The smallest absolute Gasteiger partial charge is 0.410 e. The molecule has 0 saturated carbocycles. The third-order valence-electron chi connectivity index (χ3n) is 4.08. The van der Waals surface area contributed by atoms with Crippen molar-refractivity contribution in [3.8, 4) is 0 Å². The quantitative estimate of drug-likeness (QED) is 0.745. The summed E-state index contributed by atoms with van der Waals surface area (Å²) in [6, 6.07) is -0.132. The van der Waals surface area contributed by atoms with Gasteiger partial charge in [-0.25, -0.2) is 9.18 Å². The third-order valence-corrected chi connectivity index (χ3v) is 4.08. The van der Waals surface area contributed by atoms with Crippen molar-refractivity contribution in [2.45, 2.75) is 71.1 Å². The monoisotopic (exact) mass is 316 g/mol. The van der Waals surface area contributed by atoms with Gasteiger partial charge in [0.15, 0.2) is 0 Å². The van der Waals surface area contributed by atoms with Crippen LogP contribution in [0.4, 0.5) is 9.18 Å². The number of morpholine rings is 1. The fourth-order valence-corrected chi connectivity index (χ4v) is 3.28. The van der Waals surface area contributed by atoms with Crippen molar-refractivity contribution in [1.82, 2.24) is 9.80 Å². The van der Waals surface area contributed by atoms with E-state index in [0.717, 1.165) is 13.1 Å². The summed E-state index contributed by atoms with van der Waals surface area (Å²) in [7, 11) is 0. The second-order valence-electron chi connectivity index (χ2n) is 7.51. The van der Waals surface area contributed by atoms with Crippen molar-refractivity contribution in [3.05, 3.63) is 0 Å². The van der Waals surface area contributed by atoms with E-state index in [1.807, 2.05) is 34.6 Å². The summed E-state index contributed by atoms with van der Waals surface area (Å²) < 4.78 is 25.6. The van der Waals surface area contributed by atoms with Crippen LogP contribution in [-0.2, 0) is 9.47 Å². The molecule has 0 aromatic rings. The topological polar surface area (TPSA) is 42.0 Å². The molecule has 2 aliphatic rings. The first-order valence-electron chi connectivity index (χ1n) is 8.17. The largest absolute Gasteiger partial charge is 0.444 e. The molecular formula is C16H29FN2O3. The molecule has 5 nitrogen and oxygen atoms in total. The first-order chi connectivity index (χ1) is 10.2. The Labute approximate surface area is 132 Å². The summed E-state index contributed by atoms with van der Waals surface area (Å²) in [6.45, 7) is 11.7. The van der Waals surface area contributed by atoms with Crippen LogP contribution in [0.25, 0.3) is 0 Å². The number of amides is 1. The van der Waals surface area contributed by atoms with Crippen LogP contribution in [0.15, 0.2) is 0 Å². The molecule has 1 amide bonds. The lowest BCUT2D eigenvalue weighted by atomic mass is 9.99. The lowest BCUT2D eigenvalue weighted by Crippen LogP contribution is -2.58. The molecular weight excluding hydrogens is 287 g/mol. The van der Waals surface area contributed by atoms with Crippen molar-refractivity contribution in [1.29, 1.82) is 0 Å². The maximum atomic E-state index is 14.6. The van der Waals surface area contributed by atoms with Gasteiger partial charge in [-0.15, -0.1) is 0 Å². The zero-order valence-corrected chi connectivity index (χ0v) is 14.3. The molecule has 6 heteroatoms. The van der Waals surface area contributed by atoms with E-state index in [4.69, 9.17) is 9.47 Å². The molecule has 0 radical (unpaired) electrons. The molecule has 0 bridgehead atoms. The first-order valence-corrected chi connectivity index (χ1v) is 8.17. The summed E-state index contributed by atoms with van der Waals surface area (Å²) in [4.78, 5) is 15.7. The van der Waals surface area contributed by atoms with Gasteiger partial charge in [-0.3, -0.25) is 4.90 Å². The third kappa shape index (κ3) is 4.56. The van der Waals surface area contributed by atoms with E-state index in [1.165, 1.54) is 4.90 Å². The van der Waals surface area contributed by atoms with Gasteiger partial charge in [0.05, 0.1) is 18.8 Å². The van der Waals surface area contributed by atoms with Gasteiger partial charge in [0.1, 0.15) is 11.8 Å². The summed E-state index contributed by atoms with van der Waals surface area (Å²) in [5.74, 6) is 0. The molecule has 2 rings (SSSR count). The van der Waals surface area contributed by atoms with Crippen LogP contribution in [-0.4, -0.2) is 72.1 Å². The molecule has 128 valence electrons. The van der Waals surface area contributed by atoms with Gasteiger partial charge in [-0.05, 0) is 41.0 Å². The van der Waals surface area contributed by atoms with Crippen LogP contribution in [0.2, 0.25) is 0 Å². The Kier molecular flexibility index (Phi) is 5.33. The Morgan fingerprint density at radius 3 is 2.27 bits per heavy atom. The maximum absolute atomic E-state index is 14.6. The highest BCUT2D eigenvalue weighted by atomic mass is 19.1. The van der Waals surface area contributed by atoms with Crippen molar-refractivity contribution >= 4 is 6.09 Å². The highest BCUT2D eigenvalue weighted by molar-refractivity contribution is 5.68. The second-order valence-corrected chi connectivity index (χ2v) is 7.51. The van der Waals surface area contributed by atoms with E-state index in [1.54, 1.807) is 0 Å². The number of hydrogen-bond donors (Lipinski definition) is 0. The molecule has 2 unspecified atom stereocenters. The van der Waals surface area contributed by atoms with Crippen LogP contribution in [0.1, 0.15) is 41.0 Å². The van der Waals surface area contributed by atoms with Crippen LogP contribution >= 0.6 is 0 Å². The number of ether oxygens (including phenoxy) is 2. The number of halogens is 1. The maximum Gasteiger partial charge on any atom is 0.410 e. The van der Waals surface area contributed by atoms with E-state index in [2.05, 4.69) is 4.90 Å². The SMILES string of the molecule is C[C@@H]1CN(C2CCN(C(=O)OC(C)(C)C)CC2F)C[C@H](C)O1. The molecule has 2 saturated heterocycles. The summed E-state index contributed by atoms with van der Waals surface area (Å²) in [5, 5.41) is 0. The van der Waals surface area contributed by atoms with E-state index < -0.39 is 17.9 Å². The molecule has 4 atom stereocenters. The van der Waals surface area contributed by atoms with E-state index in [9.17, 15) is 9.18 Å². The minimum atomic E-state index is -1.04. The van der Waals surface area contributed by atoms with Gasteiger partial charge in [0.2, 0.25) is 0 Å². The number of rotatable bonds is 1. The molecule has 0 N–H and O–H groups in total. The normalized spacial score (nSPS) is 34.5. The zero-order chi connectivity index (χ0) is 16.5. The Morgan fingerprint density at radius 2 is 1.77 bits per heavy atom. The number of carbonyl (C=O) groups is 1. The van der Waals surface area contributed by atoms with Crippen molar-refractivity contribution in [3.63, 3.8) is 0 Å². The lowest BCUT2D eigenvalue weighted by molar-refractivity contribution is -0.0979. The van der Waals surface area contributed by atoms with E-state index in [-0.39, 0.29) is 24.8 Å². The highest BCUT2D eigenvalue weighted by Crippen LogP contribution is 2.24. The minimum absolute atomic E-state index is 0.111. The second kappa shape index (κ2) is 6.71. The Balaban J connectivity index is 1.91. The first kappa shape index (κ1) is 17.5. The van der Waals surface area contributed by atoms with Crippen LogP contribution in [0.5, 0.6) is 0 Å². The fraction of sp³-hybridized carbons (Fsp3) is 0.938. The fourth-order valence-electron chi connectivity index (χ4n) is 3.28. The van der Waals surface area contributed by atoms with Gasteiger partial charge in [-0.2, -0.15) is 0 Å². The molecule has 0 aromatic carbocycles. The number of carbonyl (C=O) groups excluding carboxylic acids is 1. The molecule has 0 spiro atoms. The Bertz CT molecular complexity index is 389. The van der Waals surface area contributed by atoms with Gasteiger partial charge in [-0.1, -0.05) is 0 Å². The molecule has 2 heterocycles. The standard InChI is InChI=1S/C16H29FN2O3/c1-11-8-19(9-12(2)21-11)14-6-7-18(10-13(14)17)15(20)22-16(3,4)5/h11-14H,6-10H2,1-5H3/t11-,12+,13?,14?. The Morgan fingerprint density at radius 1 is 1.18 bits per heavy atom. The zero-order valence-electron chi connectivity index (χ0n) is 14.3. The minimum Gasteiger partial charge on any atom is -0.444 e. The van der Waals surface area contributed by atoms with Crippen molar-refractivity contribution in [2.24, 2.45) is 0 Å². The van der Waals surface area contributed by atoms with Gasteiger partial charge < -0.3 is 14.4 Å². The highest BCUT2D eigenvalue weighted by Gasteiger charge is 2.38. The predicted octanol–water partition coefficient (Wildman–Crippen LogP) is 2.44. The van der Waals surface area contributed by atoms with E-state index >= 15 is 0 Å². The molecule has 2 fully saturated rings. The number of alkyl halides is 1. The molecule has 22 heavy (non-hydrogen) atoms. The van der Waals surface area contributed by atoms with Crippen LogP contribution in [0.3, 0.4) is 0 Å². The molecule has 0 aliphatic carbocycles. The number of hydrogen-bond acceptors (Lipinski definition) is 4. The average molecular weight is 316 g/mol. The van der Waals surface area contributed by atoms with Gasteiger partial charge in [0, 0.05) is 25.7 Å². The average Bonchev–Trinajstić information content (AvgIpc) is 2.35. The number of piperidine rings is 1. The van der Waals surface area contributed by atoms with Crippen LogP contribution < -0.4 is 0 Å². The van der Waals surface area contributed by atoms with Gasteiger partial charge >= 0.3 is 6.09 Å². The number of likely N-dealkylation sites (tertiary alicyclic amines) is 1. The van der Waals surface area contributed by atoms with Crippen molar-refractivity contribution in [2.75, 3.05) is 26.2 Å². The van der Waals surface area contributed by atoms with Crippen molar-refractivity contribution < 1.29 is 18.7 Å². The molecule has 2 aliphatic heterocycles. The van der Waals surface area contributed by atoms with Crippen LogP contribution in [0, 0.1) is 0 Å².